The van der Waals surface area contributed by atoms with Gasteiger partial charge in [-0.3, -0.25) is 9.69 Å². The fourth-order valence-electron chi connectivity index (χ4n) is 2.62. The molecule has 2 rings (SSSR count). The van der Waals surface area contributed by atoms with Crippen molar-refractivity contribution in [2.24, 2.45) is 0 Å². The highest BCUT2D eigenvalue weighted by atomic mass is 19.1. The minimum Gasteiger partial charge on any atom is -0.489 e. The van der Waals surface area contributed by atoms with Gasteiger partial charge in [-0.15, -0.1) is 0 Å². The van der Waals surface area contributed by atoms with Crippen molar-refractivity contribution in [2.45, 2.75) is 45.3 Å². The molecule has 1 heterocycles. The van der Waals surface area contributed by atoms with E-state index in [0.29, 0.717) is 19.4 Å². The molecule has 1 aliphatic rings. The van der Waals surface area contributed by atoms with Crippen molar-refractivity contribution in [2.75, 3.05) is 19.7 Å². The summed E-state index contributed by atoms with van der Waals surface area (Å²) in [4.78, 5) is 25.9. The molecule has 1 atom stereocenters. The molecule has 1 aliphatic heterocycles. The Morgan fingerprint density at radius 2 is 2.04 bits per heavy atom. The average molecular weight is 370 g/mol. The number of nitrogens with one attached hydrogen (secondary N) is 1. The van der Waals surface area contributed by atoms with Crippen LogP contribution < -0.4 is 10.1 Å². The van der Waals surface area contributed by atoms with Gasteiger partial charge in [-0.2, -0.15) is 0 Å². The number of hydrogen-bond donors (Lipinski definition) is 1. The molecule has 0 spiro atoms. The Morgan fingerprint density at radius 1 is 1.31 bits per heavy atom. The number of ether oxygens (including phenoxy) is 2. The Bertz CT molecular complexity index is 661. The third-order valence-electron chi connectivity index (χ3n) is 3.74. The third-order valence-corrected chi connectivity index (χ3v) is 3.74. The van der Waals surface area contributed by atoms with E-state index >= 15 is 0 Å². The van der Waals surface area contributed by atoms with E-state index in [0.717, 1.165) is 12.1 Å². The maximum absolute atomic E-state index is 13.4. The van der Waals surface area contributed by atoms with Crippen molar-refractivity contribution in [3.8, 4) is 5.75 Å². The Hall–Kier alpha value is -2.38. The molecule has 1 aromatic carbocycles. The highest BCUT2D eigenvalue weighted by Crippen LogP contribution is 2.21. The number of halogens is 2. The summed E-state index contributed by atoms with van der Waals surface area (Å²) in [6.45, 7) is 5.91. The number of amides is 2. The van der Waals surface area contributed by atoms with Crippen molar-refractivity contribution in [3.63, 3.8) is 0 Å². The van der Waals surface area contributed by atoms with E-state index in [-0.39, 0.29) is 24.8 Å². The first kappa shape index (κ1) is 19.9. The van der Waals surface area contributed by atoms with Gasteiger partial charge in [0, 0.05) is 12.6 Å². The lowest BCUT2D eigenvalue weighted by Gasteiger charge is -2.28. The first-order valence-electron chi connectivity index (χ1n) is 8.52. The molecule has 0 bridgehead atoms. The van der Waals surface area contributed by atoms with E-state index in [1.165, 1.54) is 11.0 Å². The van der Waals surface area contributed by atoms with Crippen LogP contribution in [0.3, 0.4) is 0 Å². The maximum atomic E-state index is 13.4. The first-order valence-corrected chi connectivity index (χ1v) is 8.52. The van der Waals surface area contributed by atoms with Crippen LogP contribution in [-0.4, -0.2) is 48.2 Å². The fourth-order valence-corrected chi connectivity index (χ4v) is 2.62. The standard InChI is InChI=1S/C18H24F2N2O4/c1-18(2,3)26-17(24)22-9-4-5-14(22)16(23)21-8-10-25-15-7-6-12(19)11-13(15)20/h6-7,11,14H,4-5,8-10H2,1-3H3,(H,21,23). The van der Waals surface area contributed by atoms with Gasteiger partial charge in [0.25, 0.3) is 0 Å². The smallest absolute Gasteiger partial charge is 0.410 e. The van der Waals surface area contributed by atoms with Crippen LogP contribution in [0.5, 0.6) is 5.75 Å². The number of likely N-dealkylation sites (tertiary alicyclic amines) is 1. The molecule has 6 nitrogen and oxygen atoms in total. The lowest BCUT2D eigenvalue weighted by atomic mass is 10.2. The number of benzene rings is 1. The lowest BCUT2D eigenvalue weighted by molar-refractivity contribution is -0.125. The van der Waals surface area contributed by atoms with Crippen LogP contribution in [0.15, 0.2) is 18.2 Å². The minimum atomic E-state index is -0.803. The predicted molar refractivity (Wildman–Crippen MR) is 90.8 cm³/mol. The number of carbonyl (C=O) groups is 2. The van der Waals surface area contributed by atoms with E-state index in [1.807, 2.05) is 0 Å². The van der Waals surface area contributed by atoms with E-state index in [4.69, 9.17) is 9.47 Å². The molecule has 0 aromatic heterocycles. The first-order chi connectivity index (χ1) is 12.2. The molecule has 0 aliphatic carbocycles. The summed E-state index contributed by atoms with van der Waals surface area (Å²) in [7, 11) is 0. The number of rotatable bonds is 5. The van der Waals surface area contributed by atoms with Crippen molar-refractivity contribution in [3.05, 3.63) is 29.8 Å². The molecule has 26 heavy (non-hydrogen) atoms. The van der Waals surface area contributed by atoms with Crippen molar-refractivity contribution in [1.82, 2.24) is 10.2 Å². The van der Waals surface area contributed by atoms with Gasteiger partial charge in [0.05, 0.1) is 6.54 Å². The van der Waals surface area contributed by atoms with Gasteiger partial charge < -0.3 is 14.8 Å². The summed E-state index contributed by atoms with van der Waals surface area (Å²) < 4.78 is 36.8. The summed E-state index contributed by atoms with van der Waals surface area (Å²) >= 11 is 0. The van der Waals surface area contributed by atoms with Crippen LogP contribution in [-0.2, 0) is 9.53 Å². The zero-order valence-corrected chi connectivity index (χ0v) is 15.2. The molecular weight excluding hydrogens is 346 g/mol. The quantitative estimate of drug-likeness (QED) is 0.810. The van der Waals surface area contributed by atoms with Crippen LogP contribution in [0.2, 0.25) is 0 Å². The summed E-state index contributed by atoms with van der Waals surface area (Å²) in [5, 5.41) is 2.66. The van der Waals surface area contributed by atoms with E-state index < -0.39 is 29.4 Å². The summed E-state index contributed by atoms with van der Waals surface area (Å²) in [6.07, 6.45) is 0.757. The highest BCUT2D eigenvalue weighted by molar-refractivity contribution is 5.86. The minimum absolute atomic E-state index is 0.0213. The maximum Gasteiger partial charge on any atom is 0.410 e. The van der Waals surface area contributed by atoms with Gasteiger partial charge in [0.1, 0.15) is 24.1 Å². The molecule has 1 N–H and O–H groups in total. The van der Waals surface area contributed by atoms with Gasteiger partial charge in [0.2, 0.25) is 5.91 Å². The second-order valence-corrected chi connectivity index (χ2v) is 7.05. The Kier molecular flexibility index (Phi) is 6.39. The monoisotopic (exact) mass is 370 g/mol. The van der Waals surface area contributed by atoms with Crippen LogP contribution in [0, 0.1) is 11.6 Å². The summed E-state index contributed by atoms with van der Waals surface area (Å²) in [6, 6.07) is 2.42. The average Bonchev–Trinajstić information content (AvgIpc) is 3.01. The Balaban J connectivity index is 1.80. The molecule has 2 amide bonds. The molecule has 144 valence electrons. The summed E-state index contributed by atoms with van der Waals surface area (Å²) in [5.74, 6) is -1.89. The second-order valence-electron chi connectivity index (χ2n) is 7.05. The molecule has 1 fully saturated rings. The fraction of sp³-hybridized carbons (Fsp3) is 0.556. The molecule has 1 aromatic rings. The highest BCUT2D eigenvalue weighted by Gasteiger charge is 2.36. The van der Waals surface area contributed by atoms with Gasteiger partial charge in [0.15, 0.2) is 11.6 Å². The molecule has 1 saturated heterocycles. The van der Waals surface area contributed by atoms with Crippen molar-refractivity contribution >= 4 is 12.0 Å². The molecule has 0 radical (unpaired) electrons. The topological polar surface area (TPSA) is 67.9 Å². The zero-order valence-electron chi connectivity index (χ0n) is 15.2. The molecule has 1 unspecified atom stereocenters. The molecule has 0 saturated carbocycles. The van der Waals surface area contributed by atoms with Crippen molar-refractivity contribution in [1.29, 1.82) is 0 Å². The number of carbonyl (C=O) groups excluding carboxylic acids is 2. The number of hydrogen-bond acceptors (Lipinski definition) is 4. The van der Waals surface area contributed by atoms with E-state index in [9.17, 15) is 18.4 Å². The van der Waals surface area contributed by atoms with Crippen LogP contribution in [0.4, 0.5) is 13.6 Å². The van der Waals surface area contributed by atoms with Crippen LogP contribution in [0.25, 0.3) is 0 Å². The predicted octanol–water partition coefficient (Wildman–Crippen LogP) is 2.86. The van der Waals surface area contributed by atoms with Gasteiger partial charge in [-0.05, 0) is 45.7 Å². The zero-order chi connectivity index (χ0) is 19.3. The second kappa shape index (κ2) is 8.33. The molecule has 8 heteroatoms. The Morgan fingerprint density at radius 3 is 2.69 bits per heavy atom. The number of nitrogens with zero attached hydrogens (tertiary/aromatic N) is 1. The van der Waals surface area contributed by atoms with Crippen molar-refractivity contribution < 1.29 is 27.8 Å². The van der Waals surface area contributed by atoms with Crippen LogP contribution >= 0.6 is 0 Å². The van der Waals surface area contributed by atoms with Gasteiger partial charge in [-0.1, -0.05) is 0 Å². The normalized spacial score (nSPS) is 17.1. The van der Waals surface area contributed by atoms with Gasteiger partial charge >= 0.3 is 6.09 Å². The summed E-state index contributed by atoms with van der Waals surface area (Å²) in [5.41, 5.74) is -0.631. The lowest BCUT2D eigenvalue weighted by Crippen LogP contribution is -2.48. The SMILES string of the molecule is CC(C)(C)OC(=O)N1CCCC1C(=O)NCCOc1ccc(F)cc1F. The van der Waals surface area contributed by atoms with E-state index in [1.54, 1.807) is 20.8 Å². The molecular formula is C18H24F2N2O4. The largest absolute Gasteiger partial charge is 0.489 e. The van der Waals surface area contributed by atoms with E-state index in [2.05, 4.69) is 5.32 Å². The van der Waals surface area contributed by atoms with Crippen LogP contribution in [0.1, 0.15) is 33.6 Å². The third kappa shape index (κ3) is 5.57. The van der Waals surface area contributed by atoms with Gasteiger partial charge in [-0.25, -0.2) is 13.6 Å². The Labute approximate surface area is 151 Å².